The number of aromatic nitrogens is 2. The number of sulfonamides is 1. The summed E-state index contributed by atoms with van der Waals surface area (Å²) in [6, 6.07) is 14.8. The van der Waals surface area contributed by atoms with Gasteiger partial charge in [-0.15, -0.1) is 0 Å². The summed E-state index contributed by atoms with van der Waals surface area (Å²) < 4.78 is 34.0. The maximum atomic E-state index is 13.5. The molecule has 186 valence electrons. The van der Waals surface area contributed by atoms with Crippen molar-refractivity contribution in [3.63, 3.8) is 0 Å². The van der Waals surface area contributed by atoms with Crippen LogP contribution in [0.25, 0.3) is 5.69 Å². The van der Waals surface area contributed by atoms with Crippen LogP contribution in [0.5, 0.6) is 5.75 Å². The number of aryl methyl sites for hydroxylation is 1. The molecule has 2 heterocycles. The van der Waals surface area contributed by atoms with E-state index in [1.54, 1.807) is 44.3 Å². The molecule has 0 unspecified atom stereocenters. The van der Waals surface area contributed by atoms with Crippen molar-refractivity contribution in [2.75, 3.05) is 31.1 Å². The molecule has 1 aliphatic rings. The maximum absolute atomic E-state index is 13.5. The third-order valence-corrected chi connectivity index (χ3v) is 8.48. The zero-order chi connectivity index (χ0) is 25.2. The normalized spacial score (nSPS) is 14.9. The summed E-state index contributed by atoms with van der Waals surface area (Å²) in [4.78, 5) is 15.5. The van der Waals surface area contributed by atoms with Gasteiger partial charge in [-0.2, -0.15) is 14.1 Å². The minimum Gasteiger partial charge on any atom is -0.481 e. The lowest BCUT2D eigenvalue weighted by Crippen LogP contribution is -2.50. The zero-order valence-corrected chi connectivity index (χ0v) is 21.6. The summed E-state index contributed by atoms with van der Waals surface area (Å²) in [7, 11) is -3.34. The second-order valence-electron chi connectivity index (χ2n) is 8.81. The molecule has 1 fully saturated rings. The van der Waals surface area contributed by atoms with Crippen molar-refractivity contribution < 1.29 is 13.2 Å². The molecule has 0 aliphatic carbocycles. The van der Waals surface area contributed by atoms with E-state index in [2.05, 4.69) is 5.10 Å². The molecule has 1 aliphatic heterocycles. The van der Waals surface area contributed by atoms with Crippen LogP contribution in [0, 0.1) is 6.92 Å². The molecule has 8 nitrogen and oxygen atoms in total. The Hall–Kier alpha value is -2.88. The topological polar surface area (TPSA) is 84.7 Å². The lowest BCUT2D eigenvalue weighted by atomic mass is 10.1. The van der Waals surface area contributed by atoms with Crippen LogP contribution in [-0.2, 0) is 16.6 Å². The van der Waals surface area contributed by atoms with E-state index in [4.69, 9.17) is 16.3 Å². The second kappa shape index (κ2) is 10.4. The van der Waals surface area contributed by atoms with E-state index in [-0.39, 0.29) is 12.4 Å². The molecule has 35 heavy (non-hydrogen) atoms. The number of hydrogen-bond donors (Lipinski definition) is 0. The average molecular weight is 517 g/mol. The van der Waals surface area contributed by atoms with Crippen molar-refractivity contribution in [2.24, 2.45) is 0 Å². The highest BCUT2D eigenvalue weighted by Crippen LogP contribution is 2.27. The smallest absolute Gasteiger partial charge is 0.316 e. The Labute approximate surface area is 210 Å². The van der Waals surface area contributed by atoms with E-state index in [0.717, 1.165) is 11.1 Å². The van der Waals surface area contributed by atoms with Crippen LogP contribution >= 0.6 is 11.6 Å². The van der Waals surface area contributed by atoms with Crippen molar-refractivity contribution in [1.29, 1.82) is 0 Å². The molecule has 4 rings (SSSR count). The van der Waals surface area contributed by atoms with Gasteiger partial charge in [0.05, 0.1) is 17.1 Å². The molecule has 0 radical (unpaired) electrons. The van der Waals surface area contributed by atoms with Gasteiger partial charge in [-0.3, -0.25) is 4.79 Å². The van der Waals surface area contributed by atoms with Crippen LogP contribution in [0.2, 0.25) is 5.02 Å². The number of anilines is 1. The standard InChI is InChI=1S/C25H29ClN4O4S/c1-18(2)35(32,33)29-12-10-28(11-13-29)23-16-27-30(22-9-5-8-21(26)15-22)25(31)24(23)34-17-20-7-4-6-19(3)14-20/h4-9,14-16,18H,10-13,17H2,1-3H3. The van der Waals surface area contributed by atoms with Gasteiger partial charge in [0.25, 0.3) is 0 Å². The van der Waals surface area contributed by atoms with E-state index in [1.165, 1.54) is 8.99 Å². The molecule has 0 amide bonds. The van der Waals surface area contributed by atoms with E-state index in [0.29, 0.717) is 42.6 Å². The highest BCUT2D eigenvalue weighted by Gasteiger charge is 2.31. The third kappa shape index (κ3) is 5.52. The molecule has 3 aromatic rings. The summed E-state index contributed by atoms with van der Waals surface area (Å²) in [5.74, 6) is 0.168. The van der Waals surface area contributed by atoms with Gasteiger partial charge in [-0.25, -0.2) is 8.42 Å². The molecular weight excluding hydrogens is 488 g/mol. The van der Waals surface area contributed by atoms with E-state index in [1.807, 2.05) is 36.1 Å². The van der Waals surface area contributed by atoms with Crippen molar-refractivity contribution in [1.82, 2.24) is 14.1 Å². The van der Waals surface area contributed by atoms with Gasteiger partial charge in [-0.1, -0.05) is 47.5 Å². The molecule has 0 N–H and O–H groups in total. The highest BCUT2D eigenvalue weighted by molar-refractivity contribution is 7.89. The largest absolute Gasteiger partial charge is 0.481 e. The molecule has 0 atom stereocenters. The lowest BCUT2D eigenvalue weighted by Gasteiger charge is -2.36. The Morgan fingerprint density at radius 3 is 2.43 bits per heavy atom. The number of piperazine rings is 1. The minimum absolute atomic E-state index is 0.168. The fraction of sp³-hybridized carbons (Fsp3) is 0.360. The predicted octanol–water partition coefficient (Wildman–Crippen LogP) is 3.63. The van der Waals surface area contributed by atoms with Gasteiger partial charge >= 0.3 is 5.56 Å². The highest BCUT2D eigenvalue weighted by atomic mass is 35.5. The third-order valence-electron chi connectivity index (χ3n) is 5.97. The second-order valence-corrected chi connectivity index (χ2v) is 11.7. The first-order valence-electron chi connectivity index (χ1n) is 11.5. The van der Waals surface area contributed by atoms with Crippen LogP contribution in [0.1, 0.15) is 25.0 Å². The predicted molar refractivity (Wildman–Crippen MR) is 138 cm³/mol. The number of hydrogen-bond acceptors (Lipinski definition) is 6. The van der Waals surface area contributed by atoms with Gasteiger partial charge in [0.15, 0.2) is 0 Å². The van der Waals surface area contributed by atoms with Crippen LogP contribution in [0.15, 0.2) is 59.5 Å². The number of ether oxygens (including phenoxy) is 1. The van der Waals surface area contributed by atoms with E-state index >= 15 is 0 Å². The van der Waals surface area contributed by atoms with Crippen molar-refractivity contribution in [3.05, 3.63) is 81.2 Å². The Bertz CT molecular complexity index is 1370. The first-order valence-corrected chi connectivity index (χ1v) is 13.4. The van der Waals surface area contributed by atoms with Crippen LogP contribution < -0.4 is 15.2 Å². The summed E-state index contributed by atoms with van der Waals surface area (Å²) in [5, 5.41) is 4.39. The minimum atomic E-state index is -3.34. The molecular formula is C25H29ClN4O4S. The van der Waals surface area contributed by atoms with E-state index < -0.39 is 20.8 Å². The fourth-order valence-corrected chi connectivity index (χ4v) is 5.47. The van der Waals surface area contributed by atoms with E-state index in [9.17, 15) is 13.2 Å². The maximum Gasteiger partial charge on any atom is 0.316 e. The monoisotopic (exact) mass is 516 g/mol. The zero-order valence-electron chi connectivity index (χ0n) is 20.0. The molecule has 0 saturated carbocycles. The van der Waals surface area contributed by atoms with Gasteiger partial charge in [0, 0.05) is 31.2 Å². The summed E-state index contributed by atoms with van der Waals surface area (Å²) in [5.41, 5.74) is 2.70. The van der Waals surface area contributed by atoms with Crippen LogP contribution in [0.3, 0.4) is 0 Å². The van der Waals surface area contributed by atoms with Gasteiger partial charge < -0.3 is 9.64 Å². The van der Waals surface area contributed by atoms with Crippen molar-refractivity contribution in [3.8, 4) is 11.4 Å². The number of rotatable bonds is 7. The van der Waals surface area contributed by atoms with Gasteiger partial charge in [0.1, 0.15) is 12.3 Å². The molecule has 10 heteroatoms. The Kier molecular flexibility index (Phi) is 7.49. The molecule has 1 saturated heterocycles. The van der Waals surface area contributed by atoms with Crippen molar-refractivity contribution >= 4 is 27.3 Å². The molecule has 0 spiro atoms. The average Bonchev–Trinajstić information content (AvgIpc) is 2.83. The molecule has 0 bridgehead atoms. The molecule has 1 aromatic heterocycles. The van der Waals surface area contributed by atoms with Crippen LogP contribution in [0.4, 0.5) is 5.69 Å². The van der Waals surface area contributed by atoms with Crippen molar-refractivity contribution in [2.45, 2.75) is 32.6 Å². The molecule has 2 aromatic carbocycles. The van der Waals surface area contributed by atoms with Gasteiger partial charge in [0.2, 0.25) is 15.8 Å². The quantitative estimate of drug-likeness (QED) is 0.477. The summed E-state index contributed by atoms with van der Waals surface area (Å²) >= 11 is 6.13. The van der Waals surface area contributed by atoms with Crippen LogP contribution in [-0.4, -0.2) is 53.9 Å². The number of halogens is 1. The Morgan fingerprint density at radius 2 is 1.77 bits per heavy atom. The first kappa shape index (κ1) is 25.2. The Morgan fingerprint density at radius 1 is 1.06 bits per heavy atom. The SMILES string of the molecule is Cc1cccc(COc2c(N3CCN(S(=O)(=O)C(C)C)CC3)cnn(-c3cccc(Cl)c3)c2=O)c1. The number of nitrogens with zero attached hydrogens (tertiary/aromatic N) is 4. The summed E-state index contributed by atoms with van der Waals surface area (Å²) in [6.45, 7) is 7.08. The number of benzene rings is 2. The summed E-state index contributed by atoms with van der Waals surface area (Å²) in [6.07, 6.45) is 1.60. The van der Waals surface area contributed by atoms with Gasteiger partial charge in [-0.05, 0) is 44.5 Å². The Balaban J connectivity index is 1.67. The lowest BCUT2D eigenvalue weighted by molar-refractivity contribution is 0.297. The first-order chi connectivity index (χ1) is 16.7. The fourth-order valence-electron chi connectivity index (χ4n) is 4.02.